The van der Waals surface area contributed by atoms with E-state index in [1.807, 2.05) is 11.4 Å². The van der Waals surface area contributed by atoms with Gasteiger partial charge in [0.15, 0.2) is 0 Å². The lowest BCUT2D eigenvalue weighted by Crippen LogP contribution is -2.46. The van der Waals surface area contributed by atoms with Crippen LogP contribution in [0.5, 0.6) is 0 Å². The molecule has 0 aliphatic carbocycles. The van der Waals surface area contributed by atoms with Gasteiger partial charge in [0.05, 0.1) is 17.9 Å². The predicted molar refractivity (Wildman–Crippen MR) is 59.4 cm³/mol. The Bertz CT molecular complexity index is 374. The molecule has 2 heterocycles. The Morgan fingerprint density at radius 2 is 1.94 bits per heavy atom. The SMILES string of the molecule is CN1CC(=O)OB(c2cccs2)OC(=O)C1. The van der Waals surface area contributed by atoms with E-state index >= 15 is 0 Å². The molecule has 7 heteroatoms. The second kappa shape index (κ2) is 4.67. The van der Waals surface area contributed by atoms with Crippen LogP contribution in [0.2, 0.25) is 0 Å². The predicted octanol–water partition coefficient (Wildman–Crippen LogP) is -0.525. The van der Waals surface area contributed by atoms with Crippen LogP contribution < -0.4 is 4.78 Å². The molecule has 0 atom stereocenters. The average molecular weight is 239 g/mol. The topological polar surface area (TPSA) is 55.8 Å². The highest BCUT2D eigenvalue weighted by molar-refractivity contribution is 7.20. The zero-order valence-corrected chi connectivity index (χ0v) is 9.53. The van der Waals surface area contributed by atoms with Gasteiger partial charge in [0.2, 0.25) is 0 Å². The summed E-state index contributed by atoms with van der Waals surface area (Å²) in [6.45, 7) is 0.188. The molecular weight excluding hydrogens is 229 g/mol. The van der Waals surface area contributed by atoms with E-state index in [0.29, 0.717) is 4.78 Å². The maximum absolute atomic E-state index is 11.4. The highest BCUT2D eigenvalue weighted by atomic mass is 32.1. The minimum atomic E-state index is -0.895. The van der Waals surface area contributed by atoms with Gasteiger partial charge in [0, 0.05) is 0 Å². The van der Waals surface area contributed by atoms with Gasteiger partial charge in [-0.25, -0.2) is 0 Å². The van der Waals surface area contributed by atoms with Gasteiger partial charge in [-0.15, -0.1) is 0 Å². The van der Waals surface area contributed by atoms with Gasteiger partial charge < -0.3 is 9.31 Å². The molecule has 84 valence electrons. The molecule has 0 bridgehead atoms. The number of nitrogens with zero attached hydrogens (tertiary/aromatic N) is 1. The summed E-state index contributed by atoms with van der Waals surface area (Å²) >= 11 is 1.38. The number of thiophene rings is 1. The minimum Gasteiger partial charge on any atom is -0.494 e. The summed E-state index contributed by atoms with van der Waals surface area (Å²) in [5, 5.41) is 1.84. The van der Waals surface area contributed by atoms with Gasteiger partial charge in [-0.3, -0.25) is 14.5 Å². The Morgan fingerprint density at radius 3 is 2.44 bits per heavy atom. The van der Waals surface area contributed by atoms with E-state index < -0.39 is 19.1 Å². The van der Waals surface area contributed by atoms with Gasteiger partial charge >= 0.3 is 19.1 Å². The monoisotopic (exact) mass is 239 g/mol. The van der Waals surface area contributed by atoms with Crippen LogP contribution in [0.25, 0.3) is 0 Å². The third-order valence-electron chi connectivity index (χ3n) is 2.05. The number of carbonyl (C=O) groups excluding carboxylic acids is 2. The van der Waals surface area contributed by atoms with Gasteiger partial charge in [-0.1, -0.05) is 6.07 Å². The maximum atomic E-state index is 11.4. The molecule has 0 amide bonds. The van der Waals surface area contributed by atoms with Crippen molar-refractivity contribution in [2.75, 3.05) is 20.1 Å². The first-order valence-electron chi connectivity index (χ1n) is 4.76. The van der Waals surface area contributed by atoms with E-state index in [2.05, 4.69) is 0 Å². The molecule has 1 aliphatic heterocycles. The molecule has 1 aliphatic rings. The van der Waals surface area contributed by atoms with Crippen molar-refractivity contribution < 1.29 is 18.9 Å². The number of hydrogen-bond donors (Lipinski definition) is 0. The Labute approximate surface area is 97.1 Å². The van der Waals surface area contributed by atoms with E-state index in [0.717, 1.165) is 0 Å². The molecule has 5 nitrogen and oxygen atoms in total. The second-order valence-corrected chi connectivity index (χ2v) is 4.48. The quantitative estimate of drug-likeness (QED) is 0.617. The number of likely N-dealkylation sites (N-methyl/N-ethyl adjacent to an activating group) is 1. The fourth-order valence-electron chi connectivity index (χ4n) is 1.38. The molecule has 1 saturated heterocycles. The van der Waals surface area contributed by atoms with Crippen molar-refractivity contribution in [2.45, 2.75) is 0 Å². The Balaban J connectivity index is 2.13. The van der Waals surface area contributed by atoms with E-state index in [-0.39, 0.29) is 13.1 Å². The number of hydrogen-bond acceptors (Lipinski definition) is 6. The molecular formula is C9H10BNO4S. The smallest absolute Gasteiger partial charge is 0.494 e. The molecule has 0 radical (unpaired) electrons. The lowest BCUT2D eigenvalue weighted by atomic mass is 9.87. The number of carbonyl (C=O) groups is 2. The molecule has 2 rings (SSSR count). The molecule has 1 aromatic heterocycles. The Kier molecular flexibility index (Phi) is 3.26. The Hall–Kier alpha value is -1.34. The highest BCUT2D eigenvalue weighted by Gasteiger charge is 2.34. The lowest BCUT2D eigenvalue weighted by Gasteiger charge is -2.21. The lowest BCUT2D eigenvalue weighted by molar-refractivity contribution is -0.145. The fourth-order valence-corrected chi connectivity index (χ4v) is 2.05. The zero-order chi connectivity index (χ0) is 11.5. The molecule has 0 N–H and O–H groups in total. The molecule has 0 spiro atoms. The van der Waals surface area contributed by atoms with Crippen LogP contribution in [0.15, 0.2) is 17.5 Å². The van der Waals surface area contributed by atoms with E-state index in [4.69, 9.17) is 9.31 Å². The van der Waals surface area contributed by atoms with Gasteiger partial charge in [-0.2, -0.15) is 11.3 Å². The van der Waals surface area contributed by atoms with Gasteiger partial charge in [0.25, 0.3) is 0 Å². The molecule has 1 fully saturated rings. The van der Waals surface area contributed by atoms with Crippen LogP contribution in [0.4, 0.5) is 0 Å². The first-order chi connectivity index (χ1) is 7.65. The number of rotatable bonds is 1. The van der Waals surface area contributed by atoms with Gasteiger partial charge in [0.1, 0.15) is 0 Å². The van der Waals surface area contributed by atoms with Crippen molar-refractivity contribution >= 4 is 35.2 Å². The standard InChI is InChI=1S/C9H10BNO4S/c1-11-5-8(12)14-10(15-9(13)6-11)7-3-2-4-16-7/h2-4H,5-6H2,1H3. The minimum absolute atomic E-state index is 0.0942. The summed E-state index contributed by atoms with van der Waals surface area (Å²) in [6.07, 6.45) is 0. The molecule has 16 heavy (non-hydrogen) atoms. The van der Waals surface area contributed by atoms with Crippen LogP contribution in [0, 0.1) is 0 Å². The fraction of sp³-hybridized carbons (Fsp3) is 0.333. The third-order valence-corrected chi connectivity index (χ3v) is 2.94. The first-order valence-corrected chi connectivity index (χ1v) is 5.64. The van der Waals surface area contributed by atoms with Crippen molar-refractivity contribution in [3.05, 3.63) is 17.5 Å². The van der Waals surface area contributed by atoms with Crippen molar-refractivity contribution in [1.82, 2.24) is 4.90 Å². The highest BCUT2D eigenvalue weighted by Crippen LogP contribution is 2.04. The largest absolute Gasteiger partial charge is 0.647 e. The Morgan fingerprint density at radius 1 is 1.31 bits per heavy atom. The van der Waals surface area contributed by atoms with Crippen molar-refractivity contribution in [3.63, 3.8) is 0 Å². The van der Waals surface area contributed by atoms with E-state index in [1.54, 1.807) is 18.0 Å². The summed E-state index contributed by atoms with van der Waals surface area (Å²) in [7, 11) is 0.766. The van der Waals surface area contributed by atoms with E-state index in [1.165, 1.54) is 11.3 Å². The third kappa shape index (κ3) is 2.62. The summed E-state index contributed by atoms with van der Waals surface area (Å²) < 4.78 is 10.8. The van der Waals surface area contributed by atoms with Crippen LogP contribution in [0.1, 0.15) is 0 Å². The van der Waals surface area contributed by atoms with Crippen LogP contribution in [-0.2, 0) is 18.9 Å². The molecule has 0 saturated carbocycles. The second-order valence-electron chi connectivity index (χ2n) is 3.50. The normalized spacial score (nSPS) is 18.7. The van der Waals surface area contributed by atoms with E-state index in [9.17, 15) is 9.59 Å². The van der Waals surface area contributed by atoms with Crippen molar-refractivity contribution in [2.24, 2.45) is 0 Å². The van der Waals surface area contributed by atoms with Crippen LogP contribution in [-0.4, -0.2) is 44.1 Å². The molecule has 1 aromatic rings. The van der Waals surface area contributed by atoms with Gasteiger partial charge in [-0.05, 0) is 18.5 Å². The molecule has 0 aromatic carbocycles. The summed E-state index contributed by atoms with van der Waals surface area (Å²) in [5.74, 6) is -0.790. The van der Waals surface area contributed by atoms with Crippen LogP contribution in [0.3, 0.4) is 0 Å². The van der Waals surface area contributed by atoms with Crippen LogP contribution >= 0.6 is 11.3 Å². The summed E-state index contributed by atoms with van der Waals surface area (Å²) in [6, 6.07) is 3.58. The first kappa shape index (κ1) is 11.2. The maximum Gasteiger partial charge on any atom is 0.647 e. The summed E-state index contributed by atoms with van der Waals surface area (Å²) in [4.78, 5) is 24.4. The zero-order valence-electron chi connectivity index (χ0n) is 8.71. The average Bonchev–Trinajstić information content (AvgIpc) is 2.66. The molecule has 0 unspecified atom stereocenters. The van der Waals surface area contributed by atoms with Crippen molar-refractivity contribution in [3.8, 4) is 0 Å². The van der Waals surface area contributed by atoms with Crippen molar-refractivity contribution in [1.29, 1.82) is 0 Å². The summed E-state index contributed by atoms with van der Waals surface area (Å²) in [5.41, 5.74) is 0.